The lowest BCUT2D eigenvalue weighted by molar-refractivity contribution is 0.0196. The van der Waals surface area contributed by atoms with Gasteiger partial charge in [-0.15, -0.1) is 0 Å². The molecule has 0 aromatic rings. The Morgan fingerprint density at radius 1 is 1.55 bits per heavy atom. The number of hydrogen-bond donors (Lipinski definition) is 2. The van der Waals surface area contributed by atoms with Crippen molar-refractivity contribution in [1.82, 2.24) is 0 Å². The van der Waals surface area contributed by atoms with Crippen LogP contribution < -0.4 is 0 Å². The van der Waals surface area contributed by atoms with Gasteiger partial charge in [0.2, 0.25) is 0 Å². The fourth-order valence-corrected chi connectivity index (χ4v) is 1.20. The second-order valence-corrected chi connectivity index (χ2v) is 3.20. The third-order valence-corrected chi connectivity index (χ3v) is 2.22. The molecule has 1 aliphatic carbocycles. The molecule has 0 amide bonds. The van der Waals surface area contributed by atoms with Gasteiger partial charge in [0.25, 0.3) is 0 Å². The second-order valence-electron chi connectivity index (χ2n) is 3.20. The molecule has 2 heteroatoms. The highest BCUT2D eigenvalue weighted by Gasteiger charge is 2.29. The monoisotopic (exact) mass is 154 g/mol. The first-order valence-corrected chi connectivity index (χ1v) is 3.82. The molecule has 0 aromatic carbocycles. The van der Waals surface area contributed by atoms with Crippen molar-refractivity contribution in [3.8, 4) is 0 Å². The van der Waals surface area contributed by atoms with Crippen LogP contribution in [0.5, 0.6) is 0 Å². The molecule has 0 spiro atoms. The quantitative estimate of drug-likeness (QED) is 0.619. The molecule has 0 heterocycles. The summed E-state index contributed by atoms with van der Waals surface area (Å²) in [7, 11) is 0. The Balaban J connectivity index is 2.67. The summed E-state index contributed by atoms with van der Waals surface area (Å²) in [4.78, 5) is 0. The van der Waals surface area contributed by atoms with Gasteiger partial charge in [-0.2, -0.15) is 0 Å². The van der Waals surface area contributed by atoms with Crippen LogP contribution in [0.1, 0.15) is 13.3 Å². The van der Waals surface area contributed by atoms with E-state index in [1.54, 1.807) is 0 Å². The zero-order chi connectivity index (χ0) is 8.32. The van der Waals surface area contributed by atoms with Crippen LogP contribution in [0.2, 0.25) is 0 Å². The van der Waals surface area contributed by atoms with Crippen molar-refractivity contribution in [1.29, 1.82) is 0 Å². The second kappa shape index (κ2) is 3.20. The number of rotatable bonds is 2. The maximum absolute atomic E-state index is 9.41. The lowest BCUT2D eigenvalue weighted by Crippen LogP contribution is -2.33. The average Bonchev–Trinajstić information content (AvgIpc) is 2.04. The SMILES string of the molecule is CC1(C(O)CO)C=CC=CC1. The highest BCUT2D eigenvalue weighted by molar-refractivity contribution is 5.17. The molecule has 1 rings (SSSR count). The predicted octanol–water partition coefficient (Wildman–Crippen LogP) is 0.862. The number of aliphatic hydroxyl groups is 2. The van der Waals surface area contributed by atoms with Gasteiger partial charge in [-0.25, -0.2) is 0 Å². The van der Waals surface area contributed by atoms with Crippen molar-refractivity contribution in [2.24, 2.45) is 5.41 Å². The number of allylic oxidation sites excluding steroid dienone is 3. The summed E-state index contributed by atoms with van der Waals surface area (Å²) < 4.78 is 0. The Hall–Kier alpha value is -0.600. The summed E-state index contributed by atoms with van der Waals surface area (Å²) in [6.45, 7) is 1.77. The van der Waals surface area contributed by atoms with Gasteiger partial charge >= 0.3 is 0 Å². The van der Waals surface area contributed by atoms with Gasteiger partial charge in [-0.3, -0.25) is 0 Å². The van der Waals surface area contributed by atoms with Gasteiger partial charge in [-0.1, -0.05) is 31.2 Å². The molecular weight excluding hydrogens is 140 g/mol. The van der Waals surface area contributed by atoms with Crippen molar-refractivity contribution in [3.63, 3.8) is 0 Å². The highest BCUT2D eigenvalue weighted by Crippen LogP contribution is 2.30. The summed E-state index contributed by atoms with van der Waals surface area (Å²) in [5.74, 6) is 0. The van der Waals surface area contributed by atoms with Gasteiger partial charge in [0.15, 0.2) is 0 Å². The summed E-state index contributed by atoms with van der Waals surface area (Å²) in [5.41, 5.74) is -0.274. The maximum atomic E-state index is 9.41. The highest BCUT2D eigenvalue weighted by atomic mass is 16.3. The third-order valence-electron chi connectivity index (χ3n) is 2.22. The fourth-order valence-electron chi connectivity index (χ4n) is 1.20. The molecule has 2 N–H and O–H groups in total. The molecule has 11 heavy (non-hydrogen) atoms. The van der Waals surface area contributed by atoms with E-state index in [0.29, 0.717) is 0 Å². The Morgan fingerprint density at radius 2 is 2.27 bits per heavy atom. The van der Waals surface area contributed by atoms with Crippen molar-refractivity contribution >= 4 is 0 Å². The van der Waals surface area contributed by atoms with E-state index in [1.807, 2.05) is 31.2 Å². The zero-order valence-corrected chi connectivity index (χ0v) is 6.70. The average molecular weight is 154 g/mol. The molecule has 0 aromatic heterocycles. The minimum atomic E-state index is -0.649. The summed E-state index contributed by atoms with van der Waals surface area (Å²) in [5, 5.41) is 18.2. The molecule has 1 aliphatic rings. The van der Waals surface area contributed by atoms with Crippen molar-refractivity contribution in [2.75, 3.05) is 6.61 Å². The molecule has 0 saturated carbocycles. The van der Waals surface area contributed by atoms with Gasteiger partial charge in [-0.05, 0) is 6.42 Å². The predicted molar refractivity (Wildman–Crippen MR) is 44.1 cm³/mol. The van der Waals surface area contributed by atoms with Crippen LogP contribution in [0.15, 0.2) is 24.3 Å². The van der Waals surface area contributed by atoms with Gasteiger partial charge in [0, 0.05) is 5.41 Å². The third kappa shape index (κ3) is 1.70. The van der Waals surface area contributed by atoms with Crippen LogP contribution in [0.4, 0.5) is 0 Å². The summed E-state index contributed by atoms with van der Waals surface area (Å²) in [6.07, 6.45) is 7.94. The van der Waals surface area contributed by atoms with E-state index in [-0.39, 0.29) is 12.0 Å². The Bertz CT molecular complexity index is 184. The van der Waals surface area contributed by atoms with Crippen LogP contribution in [0.25, 0.3) is 0 Å². The smallest absolute Gasteiger partial charge is 0.0861 e. The molecule has 62 valence electrons. The minimum absolute atomic E-state index is 0.172. The number of hydrogen-bond acceptors (Lipinski definition) is 2. The van der Waals surface area contributed by atoms with E-state index < -0.39 is 6.10 Å². The minimum Gasteiger partial charge on any atom is -0.394 e. The Labute approximate surface area is 66.9 Å². The standard InChI is InChI=1S/C9H14O2/c1-9(8(11)7-10)5-3-2-4-6-9/h2-5,8,10-11H,6-7H2,1H3. The normalized spacial score (nSPS) is 32.3. The first-order valence-electron chi connectivity index (χ1n) is 3.82. The largest absolute Gasteiger partial charge is 0.394 e. The molecule has 2 unspecified atom stereocenters. The van der Waals surface area contributed by atoms with Crippen LogP contribution in [-0.2, 0) is 0 Å². The fraction of sp³-hybridized carbons (Fsp3) is 0.556. The van der Waals surface area contributed by atoms with E-state index in [0.717, 1.165) is 6.42 Å². The van der Waals surface area contributed by atoms with Crippen molar-refractivity contribution in [3.05, 3.63) is 24.3 Å². The van der Waals surface area contributed by atoms with Crippen LogP contribution in [-0.4, -0.2) is 22.9 Å². The van der Waals surface area contributed by atoms with Crippen molar-refractivity contribution in [2.45, 2.75) is 19.4 Å². The van der Waals surface area contributed by atoms with E-state index in [1.165, 1.54) is 0 Å². The first-order chi connectivity index (χ1) is 5.19. The molecule has 0 aliphatic heterocycles. The lowest BCUT2D eigenvalue weighted by atomic mass is 9.79. The van der Waals surface area contributed by atoms with Crippen molar-refractivity contribution < 1.29 is 10.2 Å². The molecule has 2 nitrogen and oxygen atoms in total. The Morgan fingerprint density at radius 3 is 2.73 bits per heavy atom. The zero-order valence-electron chi connectivity index (χ0n) is 6.70. The van der Waals surface area contributed by atoms with Gasteiger partial charge < -0.3 is 10.2 Å². The first kappa shape index (κ1) is 8.50. The van der Waals surface area contributed by atoms with Crippen LogP contribution in [0, 0.1) is 5.41 Å². The van der Waals surface area contributed by atoms with E-state index in [4.69, 9.17) is 5.11 Å². The topological polar surface area (TPSA) is 40.5 Å². The van der Waals surface area contributed by atoms with E-state index in [9.17, 15) is 5.11 Å². The molecule has 0 bridgehead atoms. The van der Waals surface area contributed by atoms with Crippen LogP contribution in [0.3, 0.4) is 0 Å². The van der Waals surface area contributed by atoms with Gasteiger partial charge in [0.05, 0.1) is 12.7 Å². The molecule has 0 saturated heterocycles. The van der Waals surface area contributed by atoms with E-state index in [2.05, 4.69) is 0 Å². The van der Waals surface area contributed by atoms with Gasteiger partial charge in [0.1, 0.15) is 0 Å². The molecule has 2 atom stereocenters. The van der Waals surface area contributed by atoms with Crippen LogP contribution >= 0.6 is 0 Å². The summed E-state index contributed by atoms with van der Waals surface area (Å²) >= 11 is 0. The number of aliphatic hydroxyl groups excluding tert-OH is 2. The summed E-state index contributed by atoms with van der Waals surface area (Å²) in [6, 6.07) is 0. The van der Waals surface area contributed by atoms with E-state index >= 15 is 0 Å². The Kier molecular flexibility index (Phi) is 2.47. The maximum Gasteiger partial charge on any atom is 0.0861 e. The molecular formula is C9H14O2. The molecule has 0 fully saturated rings. The molecule has 0 radical (unpaired) electrons. The lowest BCUT2D eigenvalue weighted by Gasteiger charge is -2.30.